The average Bonchev–Trinajstić information content (AvgIpc) is 2.55. The first-order valence-electron chi connectivity index (χ1n) is 6.95. The van der Waals surface area contributed by atoms with E-state index in [4.69, 9.17) is 12.2 Å². The molecule has 0 unspecified atom stereocenters. The molecule has 1 heterocycles. The summed E-state index contributed by atoms with van der Waals surface area (Å²) in [5.41, 5.74) is 1.11. The largest absolute Gasteiger partial charge is 0.867 e. The molecule has 0 amide bonds. The Bertz CT molecular complexity index is 624. The SMILES string of the molecule is CCCNC(=S)C(=C([O-])c1ccccc1)[n+]1ccccc1. The van der Waals surface area contributed by atoms with Gasteiger partial charge in [0.1, 0.15) is 0 Å². The molecule has 1 N–H and O–H groups in total. The molecule has 21 heavy (non-hydrogen) atoms. The molecule has 0 saturated carbocycles. The van der Waals surface area contributed by atoms with Crippen LogP contribution in [0.3, 0.4) is 0 Å². The maximum absolute atomic E-state index is 12.8. The minimum atomic E-state index is -0.0830. The molecular weight excluding hydrogens is 280 g/mol. The third kappa shape index (κ3) is 3.89. The first-order valence-corrected chi connectivity index (χ1v) is 7.36. The van der Waals surface area contributed by atoms with Crippen molar-refractivity contribution in [3.8, 4) is 0 Å². The van der Waals surface area contributed by atoms with Crippen molar-refractivity contribution >= 4 is 28.7 Å². The van der Waals surface area contributed by atoms with E-state index < -0.39 is 0 Å². The van der Waals surface area contributed by atoms with Crippen molar-refractivity contribution in [3.63, 3.8) is 0 Å². The second-order valence-corrected chi connectivity index (χ2v) is 4.99. The van der Waals surface area contributed by atoms with Gasteiger partial charge in [0.25, 0.3) is 0 Å². The molecule has 0 saturated heterocycles. The lowest BCUT2D eigenvalue weighted by molar-refractivity contribution is -0.577. The van der Waals surface area contributed by atoms with Crippen LogP contribution in [-0.4, -0.2) is 11.5 Å². The molecule has 2 aromatic rings. The van der Waals surface area contributed by atoms with Crippen molar-refractivity contribution in [2.75, 3.05) is 6.54 Å². The van der Waals surface area contributed by atoms with E-state index in [2.05, 4.69) is 12.2 Å². The minimum Gasteiger partial charge on any atom is -0.867 e. The molecular formula is C17H18N2OS. The van der Waals surface area contributed by atoms with Gasteiger partial charge in [-0.2, -0.15) is 4.57 Å². The molecule has 0 bridgehead atoms. The highest BCUT2D eigenvalue weighted by atomic mass is 32.1. The van der Waals surface area contributed by atoms with Gasteiger partial charge in [-0.1, -0.05) is 55.5 Å². The zero-order chi connectivity index (χ0) is 15.1. The van der Waals surface area contributed by atoms with Crippen LogP contribution in [0.15, 0.2) is 60.9 Å². The van der Waals surface area contributed by atoms with Crippen LogP contribution in [-0.2, 0) is 0 Å². The number of rotatable bonds is 5. The summed E-state index contributed by atoms with van der Waals surface area (Å²) in [6.45, 7) is 2.81. The van der Waals surface area contributed by atoms with Crippen molar-refractivity contribution in [2.45, 2.75) is 13.3 Å². The van der Waals surface area contributed by atoms with Crippen LogP contribution >= 0.6 is 12.2 Å². The standard InChI is InChI=1S/C17H18N2OS/c1-2-11-18-17(21)15(19-12-7-4-8-13-19)16(20)14-9-5-3-6-10-14/h3-10,12-13H,2,11H2,1H3,(H-,18,20,21). The molecule has 1 aromatic heterocycles. The highest BCUT2D eigenvalue weighted by Gasteiger charge is 2.17. The highest BCUT2D eigenvalue weighted by Crippen LogP contribution is 2.13. The summed E-state index contributed by atoms with van der Waals surface area (Å²) in [4.78, 5) is 0.474. The lowest BCUT2D eigenvalue weighted by Crippen LogP contribution is -2.42. The molecule has 1 aromatic carbocycles. The zero-order valence-electron chi connectivity index (χ0n) is 12.0. The Labute approximate surface area is 130 Å². The lowest BCUT2D eigenvalue weighted by Gasteiger charge is -2.16. The molecule has 0 radical (unpaired) electrons. The van der Waals surface area contributed by atoms with E-state index >= 15 is 0 Å². The van der Waals surface area contributed by atoms with Gasteiger partial charge in [-0.15, -0.1) is 0 Å². The number of nitrogens with one attached hydrogen (secondary N) is 1. The molecule has 0 aliphatic rings. The summed E-state index contributed by atoms with van der Waals surface area (Å²) in [6, 6.07) is 14.8. The Morgan fingerprint density at radius 1 is 1.10 bits per heavy atom. The van der Waals surface area contributed by atoms with E-state index in [1.165, 1.54) is 0 Å². The predicted octanol–water partition coefficient (Wildman–Crippen LogP) is 1.99. The normalized spacial score (nSPS) is 11.7. The fourth-order valence-electron chi connectivity index (χ4n) is 1.93. The Hall–Kier alpha value is -2.20. The third-order valence-electron chi connectivity index (χ3n) is 2.98. The van der Waals surface area contributed by atoms with Gasteiger partial charge in [0.05, 0.1) is 0 Å². The second kappa shape index (κ2) is 7.55. The van der Waals surface area contributed by atoms with Gasteiger partial charge in [0.2, 0.25) is 5.70 Å². The van der Waals surface area contributed by atoms with Gasteiger partial charge < -0.3 is 10.4 Å². The summed E-state index contributed by atoms with van der Waals surface area (Å²) in [7, 11) is 0. The molecule has 108 valence electrons. The molecule has 0 fully saturated rings. The summed E-state index contributed by atoms with van der Waals surface area (Å²) in [5, 5.41) is 15.9. The van der Waals surface area contributed by atoms with E-state index in [0.29, 0.717) is 16.2 Å². The zero-order valence-corrected chi connectivity index (χ0v) is 12.8. The average molecular weight is 298 g/mol. The second-order valence-electron chi connectivity index (χ2n) is 4.58. The fourth-order valence-corrected chi connectivity index (χ4v) is 2.23. The van der Waals surface area contributed by atoms with E-state index in [1.807, 2.05) is 48.8 Å². The lowest BCUT2D eigenvalue weighted by atomic mass is 10.1. The third-order valence-corrected chi connectivity index (χ3v) is 3.31. The molecule has 4 heteroatoms. The van der Waals surface area contributed by atoms with Crippen molar-refractivity contribution in [1.29, 1.82) is 0 Å². The number of thiocarbonyl (C=S) groups is 1. The Balaban J connectivity index is 2.48. The Morgan fingerprint density at radius 2 is 1.71 bits per heavy atom. The monoisotopic (exact) mass is 298 g/mol. The summed E-state index contributed by atoms with van der Waals surface area (Å²) >= 11 is 5.41. The number of aromatic nitrogens is 1. The molecule has 3 nitrogen and oxygen atoms in total. The summed E-state index contributed by atoms with van der Waals surface area (Å²) in [5.74, 6) is -0.0830. The summed E-state index contributed by atoms with van der Waals surface area (Å²) in [6.07, 6.45) is 4.61. The highest BCUT2D eigenvalue weighted by molar-refractivity contribution is 7.81. The number of hydrogen-bond acceptors (Lipinski definition) is 2. The van der Waals surface area contributed by atoms with Crippen LogP contribution in [0.1, 0.15) is 18.9 Å². The van der Waals surface area contributed by atoms with E-state index in [1.54, 1.807) is 16.7 Å². The van der Waals surface area contributed by atoms with Crippen LogP contribution in [0.4, 0.5) is 0 Å². The molecule has 0 atom stereocenters. The van der Waals surface area contributed by atoms with E-state index in [-0.39, 0.29) is 5.76 Å². The van der Waals surface area contributed by atoms with Crippen LogP contribution in [0, 0.1) is 0 Å². The van der Waals surface area contributed by atoms with Gasteiger partial charge in [-0.25, -0.2) is 0 Å². The molecule has 2 rings (SSSR count). The van der Waals surface area contributed by atoms with Crippen LogP contribution in [0.25, 0.3) is 11.5 Å². The van der Waals surface area contributed by atoms with Gasteiger partial charge >= 0.3 is 0 Å². The van der Waals surface area contributed by atoms with Crippen LogP contribution in [0.2, 0.25) is 0 Å². The minimum absolute atomic E-state index is 0.0830. The number of hydrogen-bond donors (Lipinski definition) is 1. The molecule has 0 aliphatic carbocycles. The van der Waals surface area contributed by atoms with E-state index in [9.17, 15) is 5.11 Å². The van der Waals surface area contributed by atoms with Crippen LogP contribution in [0.5, 0.6) is 0 Å². The van der Waals surface area contributed by atoms with E-state index in [0.717, 1.165) is 13.0 Å². The number of benzene rings is 1. The number of pyridine rings is 1. The van der Waals surface area contributed by atoms with Gasteiger partial charge in [-0.3, -0.25) is 0 Å². The Morgan fingerprint density at radius 3 is 2.33 bits per heavy atom. The summed E-state index contributed by atoms with van der Waals surface area (Å²) < 4.78 is 1.76. The predicted molar refractivity (Wildman–Crippen MR) is 87.1 cm³/mol. The maximum Gasteiger partial charge on any atom is 0.237 e. The van der Waals surface area contributed by atoms with Crippen molar-refractivity contribution < 1.29 is 9.67 Å². The fraction of sp³-hybridized carbons (Fsp3) is 0.176. The first-order chi connectivity index (χ1) is 10.2. The topological polar surface area (TPSA) is 39.0 Å². The Kier molecular flexibility index (Phi) is 5.46. The molecule has 0 spiro atoms. The smallest absolute Gasteiger partial charge is 0.237 e. The first kappa shape index (κ1) is 15.2. The van der Waals surface area contributed by atoms with Crippen molar-refractivity contribution in [2.24, 2.45) is 0 Å². The van der Waals surface area contributed by atoms with Crippen LogP contribution < -0.4 is 15.0 Å². The van der Waals surface area contributed by atoms with Crippen molar-refractivity contribution in [1.82, 2.24) is 5.32 Å². The number of nitrogens with zero attached hydrogens (tertiary/aromatic N) is 1. The van der Waals surface area contributed by atoms with Gasteiger partial charge in [0, 0.05) is 18.7 Å². The maximum atomic E-state index is 12.8. The quantitative estimate of drug-likeness (QED) is 0.397. The van der Waals surface area contributed by atoms with Crippen molar-refractivity contribution in [3.05, 3.63) is 66.5 Å². The van der Waals surface area contributed by atoms with Gasteiger partial charge in [-0.05, 0) is 17.7 Å². The molecule has 0 aliphatic heterocycles. The van der Waals surface area contributed by atoms with Gasteiger partial charge in [0.15, 0.2) is 17.4 Å².